The first-order valence-corrected chi connectivity index (χ1v) is 5.35. The molecule has 0 radical (unpaired) electrons. The van der Waals surface area contributed by atoms with Crippen molar-refractivity contribution in [3.05, 3.63) is 14.7 Å². The van der Waals surface area contributed by atoms with E-state index in [0.29, 0.717) is 10.6 Å². The van der Waals surface area contributed by atoms with Crippen LogP contribution in [0.2, 0.25) is 0 Å². The lowest BCUT2D eigenvalue weighted by Crippen LogP contribution is -2.08. The zero-order chi connectivity index (χ0) is 10.7. The number of carbonyl (C=O) groups is 1. The van der Waals surface area contributed by atoms with Crippen molar-refractivity contribution in [3.63, 3.8) is 0 Å². The number of nitrogens with zero attached hydrogens (tertiary/aromatic N) is 3. The second kappa shape index (κ2) is 4.52. The molecule has 7 heteroatoms. The number of amides is 1. The number of hydrogen-bond acceptors (Lipinski definition) is 4. The molecule has 0 aliphatic rings. The van der Waals surface area contributed by atoms with E-state index in [0.717, 1.165) is 4.47 Å². The van der Waals surface area contributed by atoms with Crippen LogP contribution < -0.4 is 5.73 Å². The molecule has 1 rings (SSSR count). The monoisotopic (exact) mass is 276 g/mol. The number of rotatable bonds is 3. The second-order valence-corrected chi connectivity index (χ2v) is 4.40. The van der Waals surface area contributed by atoms with E-state index in [1.165, 1.54) is 16.3 Å². The number of nitrogens with two attached hydrogens (primary N) is 1. The van der Waals surface area contributed by atoms with Crippen LogP contribution in [-0.2, 0) is 0 Å². The third-order valence-electron chi connectivity index (χ3n) is 1.27. The number of hydrogen-bond donors (Lipinski definition) is 1. The summed E-state index contributed by atoms with van der Waals surface area (Å²) >= 11 is 4.51. The topological polar surface area (TPSA) is 71.1 Å². The molecule has 0 aliphatic heterocycles. The predicted molar refractivity (Wildman–Crippen MR) is 58.7 cm³/mol. The van der Waals surface area contributed by atoms with E-state index >= 15 is 0 Å². The minimum absolute atomic E-state index is 0.405. The summed E-state index contributed by atoms with van der Waals surface area (Å²) < 4.78 is 0.724. The second-order valence-electron chi connectivity index (χ2n) is 2.66. The summed E-state index contributed by atoms with van der Waals surface area (Å²) in [5.41, 5.74) is 5.65. The van der Waals surface area contributed by atoms with Crippen molar-refractivity contribution in [2.24, 2.45) is 16.1 Å². The van der Waals surface area contributed by atoms with Gasteiger partial charge in [-0.15, -0.1) is 16.5 Å². The number of carbonyl (C=O) groups excluding carboxylic acids is 1. The van der Waals surface area contributed by atoms with Gasteiger partial charge in [-0.05, 0) is 15.9 Å². The standard InChI is InChI=1S/C7H9BrN4OS/c1-12(2)11-10-5-4(8)3-14-6(5)7(9)13/h3H,1-2H3,(H2,9,13)/b11-10+. The third kappa shape index (κ3) is 2.52. The van der Waals surface area contributed by atoms with E-state index in [2.05, 4.69) is 26.3 Å². The fourth-order valence-corrected chi connectivity index (χ4v) is 2.13. The van der Waals surface area contributed by atoms with Gasteiger partial charge in [-0.1, -0.05) is 5.22 Å². The van der Waals surface area contributed by atoms with E-state index in [1.807, 2.05) is 0 Å². The molecule has 0 unspecified atom stereocenters. The first kappa shape index (κ1) is 11.1. The molecule has 2 N–H and O–H groups in total. The van der Waals surface area contributed by atoms with Crippen LogP contribution in [0.5, 0.6) is 0 Å². The highest BCUT2D eigenvalue weighted by Gasteiger charge is 2.14. The lowest BCUT2D eigenvalue weighted by atomic mass is 10.4. The molecule has 0 saturated carbocycles. The van der Waals surface area contributed by atoms with Gasteiger partial charge in [0.15, 0.2) is 0 Å². The van der Waals surface area contributed by atoms with E-state index in [-0.39, 0.29) is 0 Å². The van der Waals surface area contributed by atoms with Crippen LogP contribution in [0.25, 0.3) is 0 Å². The minimum Gasteiger partial charge on any atom is -0.365 e. The summed E-state index contributed by atoms with van der Waals surface area (Å²) in [4.78, 5) is 11.4. The lowest BCUT2D eigenvalue weighted by molar-refractivity contribution is 0.100. The Bertz CT molecular complexity index is 374. The number of halogens is 1. The van der Waals surface area contributed by atoms with Crippen molar-refractivity contribution < 1.29 is 4.79 Å². The SMILES string of the molecule is CN(C)/N=N/c1c(Br)csc1C(N)=O. The van der Waals surface area contributed by atoms with E-state index in [4.69, 9.17) is 5.73 Å². The van der Waals surface area contributed by atoms with Crippen LogP contribution in [0.3, 0.4) is 0 Å². The molecule has 0 fully saturated rings. The highest BCUT2D eigenvalue weighted by molar-refractivity contribution is 9.10. The normalized spacial score (nSPS) is 10.8. The highest BCUT2D eigenvalue weighted by Crippen LogP contribution is 2.35. The van der Waals surface area contributed by atoms with Gasteiger partial charge in [0.1, 0.15) is 10.6 Å². The van der Waals surface area contributed by atoms with Crippen LogP contribution in [0.4, 0.5) is 5.69 Å². The Morgan fingerprint density at radius 2 is 2.29 bits per heavy atom. The van der Waals surface area contributed by atoms with Crippen molar-refractivity contribution >= 4 is 38.9 Å². The highest BCUT2D eigenvalue weighted by atomic mass is 79.9. The zero-order valence-electron chi connectivity index (χ0n) is 7.69. The van der Waals surface area contributed by atoms with Crippen LogP contribution >= 0.6 is 27.3 Å². The van der Waals surface area contributed by atoms with Crippen molar-refractivity contribution in [3.8, 4) is 0 Å². The molecule has 0 aromatic carbocycles. The van der Waals surface area contributed by atoms with Crippen LogP contribution in [0.1, 0.15) is 9.67 Å². The molecule has 5 nitrogen and oxygen atoms in total. The average molecular weight is 277 g/mol. The molecule has 0 spiro atoms. The summed E-state index contributed by atoms with van der Waals surface area (Å²) in [6.45, 7) is 0. The Morgan fingerprint density at radius 3 is 2.79 bits per heavy atom. The largest absolute Gasteiger partial charge is 0.365 e. The molecule has 14 heavy (non-hydrogen) atoms. The third-order valence-corrected chi connectivity index (χ3v) is 3.16. The molecule has 1 heterocycles. The molecule has 76 valence electrons. The number of primary amides is 1. The van der Waals surface area contributed by atoms with Gasteiger partial charge in [0, 0.05) is 19.5 Å². The summed E-state index contributed by atoms with van der Waals surface area (Å²) in [5.74, 6) is -0.492. The summed E-state index contributed by atoms with van der Waals surface area (Å²) in [6, 6.07) is 0. The predicted octanol–water partition coefficient (Wildman–Crippen LogP) is 2.17. The fraction of sp³-hybridized carbons (Fsp3) is 0.286. The Morgan fingerprint density at radius 1 is 1.64 bits per heavy atom. The molecule has 0 atom stereocenters. The summed E-state index contributed by atoms with van der Waals surface area (Å²) in [6.07, 6.45) is 0. The average Bonchev–Trinajstić information content (AvgIpc) is 2.43. The van der Waals surface area contributed by atoms with Crippen molar-refractivity contribution in [2.75, 3.05) is 14.1 Å². The van der Waals surface area contributed by atoms with Gasteiger partial charge in [-0.25, -0.2) is 0 Å². The Labute approximate surface area is 93.7 Å². The molecule has 0 saturated heterocycles. The molecule has 1 aromatic heterocycles. The van der Waals surface area contributed by atoms with Crippen LogP contribution in [0.15, 0.2) is 20.2 Å². The van der Waals surface area contributed by atoms with Gasteiger partial charge >= 0.3 is 0 Å². The maximum Gasteiger partial charge on any atom is 0.261 e. The van der Waals surface area contributed by atoms with Crippen molar-refractivity contribution in [2.45, 2.75) is 0 Å². The molecule has 1 aromatic rings. The van der Waals surface area contributed by atoms with E-state index in [1.54, 1.807) is 19.5 Å². The Kier molecular flexibility index (Phi) is 3.59. The first-order chi connectivity index (χ1) is 6.52. The fourth-order valence-electron chi connectivity index (χ4n) is 0.733. The molecular formula is C7H9BrN4OS. The first-order valence-electron chi connectivity index (χ1n) is 3.68. The quantitative estimate of drug-likeness (QED) is 0.679. The van der Waals surface area contributed by atoms with Gasteiger partial charge in [-0.2, -0.15) is 0 Å². The van der Waals surface area contributed by atoms with E-state index in [9.17, 15) is 4.79 Å². The Balaban J connectivity index is 3.05. The van der Waals surface area contributed by atoms with Crippen molar-refractivity contribution in [1.29, 1.82) is 0 Å². The molecule has 1 amide bonds. The van der Waals surface area contributed by atoms with Crippen molar-refractivity contribution in [1.82, 2.24) is 5.01 Å². The zero-order valence-corrected chi connectivity index (χ0v) is 10.1. The smallest absolute Gasteiger partial charge is 0.261 e. The van der Waals surface area contributed by atoms with Gasteiger partial charge in [-0.3, -0.25) is 9.80 Å². The van der Waals surface area contributed by atoms with Gasteiger partial charge in [0.05, 0.1) is 4.47 Å². The maximum atomic E-state index is 11.0. The molecule has 0 bridgehead atoms. The maximum absolute atomic E-state index is 11.0. The Hall–Kier alpha value is -0.950. The minimum atomic E-state index is -0.492. The van der Waals surface area contributed by atoms with Gasteiger partial charge in [0.25, 0.3) is 5.91 Å². The van der Waals surface area contributed by atoms with Gasteiger partial charge < -0.3 is 5.73 Å². The lowest BCUT2D eigenvalue weighted by Gasteiger charge is -2.00. The van der Waals surface area contributed by atoms with Gasteiger partial charge in [0.2, 0.25) is 0 Å². The number of thiophene rings is 1. The summed E-state index contributed by atoms with van der Waals surface area (Å²) in [5, 5.41) is 11.0. The van der Waals surface area contributed by atoms with Crippen LogP contribution in [-0.4, -0.2) is 25.0 Å². The summed E-state index contributed by atoms with van der Waals surface area (Å²) in [7, 11) is 3.49. The molecular weight excluding hydrogens is 268 g/mol. The van der Waals surface area contributed by atoms with Crippen LogP contribution in [0, 0.1) is 0 Å². The van der Waals surface area contributed by atoms with E-state index < -0.39 is 5.91 Å². The molecule has 0 aliphatic carbocycles.